The summed E-state index contributed by atoms with van der Waals surface area (Å²) in [6.45, 7) is 2.19. The summed E-state index contributed by atoms with van der Waals surface area (Å²) in [5.74, 6) is 0.0891. The van der Waals surface area contributed by atoms with Crippen molar-refractivity contribution in [2.75, 3.05) is 37.0 Å². The molecule has 0 N–H and O–H groups in total. The van der Waals surface area contributed by atoms with Crippen molar-refractivity contribution in [1.29, 1.82) is 5.26 Å². The Hall–Kier alpha value is -3.31. The van der Waals surface area contributed by atoms with Crippen molar-refractivity contribution in [2.24, 2.45) is 0 Å². The van der Waals surface area contributed by atoms with Crippen LogP contribution in [0.25, 0.3) is 10.4 Å². The monoisotopic (exact) mass is 394 g/mol. The van der Waals surface area contributed by atoms with Gasteiger partial charge in [-0.2, -0.15) is 5.26 Å². The highest BCUT2D eigenvalue weighted by atomic mass is 32.1. The van der Waals surface area contributed by atoms with E-state index in [9.17, 15) is 4.79 Å². The van der Waals surface area contributed by atoms with Crippen LogP contribution in [-0.4, -0.2) is 38.4 Å². The lowest BCUT2D eigenvalue weighted by Crippen LogP contribution is -2.38. The summed E-state index contributed by atoms with van der Waals surface area (Å²) in [5, 5.41) is 12.9. The highest BCUT2D eigenvalue weighted by Gasteiger charge is 2.23. The van der Waals surface area contributed by atoms with Crippen LogP contribution in [0.5, 0.6) is 0 Å². The van der Waals surface area contributed by atoms with Crippen molar-refractivity contribution in [2.45, 2.75) is 6.54 Å². The van der Waals surface area contributed by atoms with E-state index >= 15 is 0 Å². The molecule has 28 heavy (non-hydrogen) atoms. The van der Waals surface area contributed by atoms with Crippen LogP contribution in [0.2, 0.25) is 0 Å². The number of aromatic nitrogens is 1. The number of benzene rings is 1. The standard InChI is InChI=1S/C20H18N4O3S/c1-23-7-8-24(12-14-10-16(22-27-14)20(25)26-2)18-9-13(3-5-17(18)23)19-6-4-15(11-21)28-19/h3-6,9-10H,7-8,12H2,1-2H3. The van der Waals surface area contributed by atoms with Crippen molar-refractivity contribution in [1.82, 2.24) is 5.16 Å². The fraction of sp³-hybridized carbons (Fsp3) is 0.250. The molecule has 1 aliphatic rings. The number of esters is 1. The van der Waals surface area contributed by atoms with Gasteiger partial charge in [-0.05, 0) is 29.8 Å². The second-order valence-electron chi connectivity index (χ2n) is 6.49. The molecular weight excluding hydrogens is 376 g/mol. The van der Waals surface area contributed by atoms with Gasteiger partial charge in [-0.1, -0.05) is 11.2 Å². The Morgan fingerprint density at radius 3 is 2.89 bits per heavy atom. The van der Waals surface area contributed by atoms with Crippen LogP contribution >= 0.6 is 11.3 Å². The average Bonchev–Trinajstić information content (AvgIpc) is 3.39. The zero-order valence-electron chi connectivity index (χ0n) is 15.5. The highest BCUT2D eigenvalue weighted by molar-refractivity contribution is 7.16. The summed E-state index contributed by atoms with van der Waals surface area (Å²) >= 11 is 1.48. The van der Waals surface area contributed by atoms with Crippen LogP contribution in [0.1, 0.15) is 21.1 Å². The second kappa shape index (κ2) is 7.37. The number of anilines is 2. The lowest BCUT2D eigenvalue weighted by atomic mass is 10.1. The number of nitrogens with zero attached hydrogens (tertiary/aromatic N) is 4. The van der Waals surface area contributed by atoms with Gasteiger partial charge in [0.2, 0.25) is 0 Å². The number of ether oxygens (including phenoxy) is 1. The topological polar surface area (TPSA) is 82.6 Å². The number of nitriles is 1. The van der Waals surface area contributed by atoms with E-state index < -0.39 is 5.97 Å². The molecule has 0 saturated carbocycles. The lowest BCUT2D eigenvalue weighted by molar-refractivity contribution is 0.0589. The summed E-state index contributed by atoms with van der Waals surface area (Å²) in [4.78, 5) is 17.8. The molecule has 2 aromatic heterocycles. The maximum absolute atomic E-state index is 11.6. The smallest absolute Gasteiger partial charge is 0.360 e. The number of carbonyl (C=O) groups excluding carboxylic acids is 1. The van der Waals surface area contributed by atoms with E-state index in [4.69, 9.17) is 9.78 Å². The van der Waals surface area contributed by atoms with E-state index in [-0.39, 0.29) is 5.69 Å². The van der Waals surface area contributed by atoms with Gasteiger partial charge in [0.05, 0.1) is 25.0 Å². The van der Waals surface area contributed by atoms with E-state index in [0.29, 0.717) is 17.2 Å². The minimum absolute atomic E-state index is 0.170. The molecule has 0 bridgehead atoms. The summed E-state index contributed by atoms with van der Waals surface area (Å²) in [6.07, 6.45) is 0. The molecule has 8 heteroatoms. The molecule has 1 aliphatic heterocycles. The maximum atomic E-state index is 11.6. The maximum Gasteiger partial charge on any atom is 0.360 e. The Bertz CT molecular complexity index is 1070. The van der Waals surface area contributed by atoms with Crippen molar-refractivity contribution in [3.63, 3.8) is 0 Å². The number of hydrogen-bond donors (Lipinski definition) is 0. The van der Waals surface area contributed by atoms with Gasteiger partial charge in [0.15, 0.2) is 11.5 Å². The number of fused-ring (bicyclic) bond motifs is 1. The van der Waals surface area contributed by atoms with Crippen molar-refractivity contribution in [3.05, 3.63) is 52.7 Å². The third kappa shape index (κ3) is 3.32. The van der Waals surface area contributed by atoms with E-state index in [1.807, 2.05) is 12.1 Å². The summed E-state index contributed by atoms with van der Waals surface area (Å²) in [6, 6.07) is 13.9. The summed E-state index contributed by atoms with van der Waals surface area (Å²) in [5.41, 5.74) is 3.44. The predicted octanol–water partition coefficient (Wildman–Crippen LogP) is 3.52. The van der Waals surface area contributed by atoms with Gasteiger partial charge >= 0.3 is 5.97 Å². The van der Waals surface area contributed by atoms with Crippen LogP contribution in [-0.2, 0) is 11.3 Å². The van der Waals surface area contributed by atoms with Crippen LogP contribution in [0.3, 0.4) is 0 Å². The predicted molar refractivity (Wildman–Crippen MR) is 107 cm³/mol. The Labute approximate surface area is 166 Å². The second-order valence-corrected chi connectivity index (χ2v) is 7.58. The van der Waals surface area contributed by atoms with Crippen LogP contribution in [0, 0.1) is 11.3 Å². The van der Waals surface area contributed by atoms with E-state index in [1.165, 1.54) is 18.4 Å². The van der Waals surface area contributed by atoms with Gasteiger partial charge in [0.1, 0.15) is 10.9 Å². The fourth-order valence-electron chi connectivity index (χ4n) is 3.26. The molecule has 142 valence electrons. The van der Waals surface area contributed by atoms with Gasteiger partial charge in [0, 0.05) is 31.1 Å². The normalized spacial score (nSPS) is 13.2. The van der Waals surface area contributed by atoms with E-state index in [2.05, 4.69) is 51.0 Å². The van der Waals surface area contributed by atoms with Gasteiger partial charge in [-0.15, -0.1) is 11.3 Å². The summed E-state index contributed by atoms with van der Waals surface area (Å²) in [7, 11) is 3.38. The number of likely N-dealkylation sites (N-methyl/N-ethyl adjacent to an activating group) is 1. The van der Waals surface area contributed by atoms with Gasteiger partial charge < -0.3 is 19.1 Å². The van der Waals surface area contributed by atoms with Gasteiger partial charge in [-0.3, -0.25) is 0 Å². The molecular formula is C20H18N4O3S. The molecule has 4 rings (SSSR count). The molecule has 3 heterocycles. The first kappa shape index (κ1) is 18.1. The first-order chi connectivity index (χ1) is 13.6. The molecule has 3 aromatic rings. The van der Waals surface area contributed by atoms with Gasteiger partial charge in [-0.25, -0.2) is 4.79 Å². The molecule has 0 amide bonds. The quantitative estimate of drug-likeness (QED) is 0.626. The average molecular weight is 394 g/mol. The Morgan fingerprint density at radius 1 is 1.29 bits per heavy atom. The number of carbonyl (C=O) groups is 1. The zero-order valence-corrected chi connectivity index (χ0v) is 16.3. The first-order valence-corrected chi connectivity index (χ1v) is 9.55. The molecule has 0 saturated heterocycles. The Kier molecular flexibility index (Phi) is 4.75. The van der Waals surface area contributed by atoms with Crippen molar-refractivity contribution < 1.29 is 14.1 Å². The Morgan fingerprint density at radius 2 is 2.14 bits per heavy atom. The van der Waals surface area contributed by atoms with Crippen LogP contribution < -0.4 is 9.80 Å². The van der Waals surface area contributed by atoms with E-state index in [0.717, 1.165) is 34.9 Å². The van der Waals surface area contributed by atoms with Crippen molar-refractivity contribution in [3.8, 4) is 16.5 Å². The van der Waals surface area contributed by atoms with E-state index in [1.54, 1.807) is 6.07 Å². The molecule has 0 atom stereocenters. The van der Waals surface area contributed by atoms with Gasteiger partial charge in [0.25, 0.3) is 0 Å². The first-order valence-electron chi connectivity index (χ1n) is 8.73. The molecule has 1 aromatic carbocycles. The zero-order chi connectivity index (χ0) is 19.7. The summed E-state index contributed by atoms with van der Waals surface area (Å²) < 4.78 is 10.0. The van der Waals surface area contributed by atoms with Crippen LogP contribution in [0.15, 0.2) is 40.9 Å². The minimum atomic E-state index is -0.512. The molecule has 0 unspecified atom stereocenters. The molecule has 0 spiro atoms. The minimum Gasteiger partial charge on any atom is -0.464 e. The fourth-order valence-corrected chi connectivity index (χ4v) is 4.06. The third-order valence-corrected chi connectivity index (χ3v) is 5.77. The largest absolute Gasteiger partial charge is 0.464 e. The van der Waals surface area contributed by atoms with Crippen LogP contribution in [0.4, 0.5) is 11.4 Å². The third-order valence-electron chi connectivity index (χ3n) is 4.73. The SMILES string of the molecule is COC(=O)c1cc(CN2CCN(C)c3ccc(-c4ccc(C#N)s4)cc32)on1. The number of thiophene rings is 1. The lowest BCUT2D eigenvalue weighted by Gasteiger charge is -2.36. The highest BCUT2D eigenvalue weighted by Crippen LogP contribution is 2.38. The molecule has 7 nitrogen and oxygen atoms in total. The Balaban J connectivity index is 1.65. The molecule has 0 fully saturated rings. The van der Waals surface area contributed by atoms with Crippen molar-refractivity contribution >= 4 is 28.7 Å². The number of hydrogen-bond acceptors (Lipinski definition) is 8. The molecule has 0 radical (unpaired) electrons. The number of rotatable bonds is 4. The molecule has 0 aliphatic carbocycles. The number of methoxy groups -OCH3 is 1.